The molecule has 1 N–H and O–H groups in total. The predicted molar refractivity (Wildman–Crippen MR) is 71.5 cm³/mol. The van der Waals surface area contributed by atoms with Crippen molar-refractivity contribution in [1.82, 2.24) is 9.88 Å². The van der Waals surface area contributed by atoms with Gasteiger partial charge >= 0.3 is 6.18 Å². The van der Waals surface area contributed by atoms with Crippen molar-refractivity contribution >= 4 is 5.91 Å². The fourth-order valence-electron chi connectivity index (χ4n) is 2.00. The number of ether oxygens (including phenoxy) is 1. The number of likely N-dealkylation sites (N-methyl/N-ethyl adjacent to an activating group) is 1. The van der Waals surface area contributed by atoms with E-state index in [9.17, 15) is 23.1 Å². The minimum Gasteiger partial charge on any atom is -0.482 e. The molecular formula is C14H17F3N2O3. The van der Waals surface area contributed by atoms with Crippen molar-refractivity contribution < 1.29 is 27.8 Å². The number of alkyl halides is 3. The molecule has 0 saturated heterocycles. The Morgan fingerprint density at radius 3 is 2.82 bits per heavy atom. The Hall–Kier alpha value is -1.83. The van der Waals surface area contributed by atoms with Crippen molar-refractivity contribution in [3.05, 3.63) is 24.0 Å². The standard InChI is InChI=1S/C14H17F3N2O3/c1-19(7-10(20)9-4-5-9)13(21)12-11(3-2-6-18-12)22-8-14(15,16)17/h2-3,6,9-10,20H,4-5,7-8H2,1H3. The number of hydrogen-bond acceptors (Lipinski definition) is 4. The largest absolute Gasteiger partial charge is 0.482 e. The summed E-state index contributed by atoms with van der Waals surface area (Å²) in [7, 11) is 1.47. The lowest BCUT2D eigenvalue weighted by atomic mass is 10.2. The molecule has 1 aliphatic rings. The van der Waals surface area contributed by atoms with Gasteiger partial charge in [0.1, 0.15) is 0 Å². The lowest BCUT2D eigenvalue weighted by molar-refractivity contribution is -0.153. The van der Waals surface area contributed by atoms with Crippen LogP contribution in [0.25, 0.3) is 0 Å². The summed E-state index contributed by atoms with van der Waals surface area (Å²) in [5, 5.41) is 9.84. The highest BCUT2D eigenvalue weighted by Crippen LogP contribution is 2.33. The highest BCUT2D eigenvalue weighted by Gasteiger charge is 2.32. The van der Waals surface area contributed by atoms with Crippen molar-refractivity contribution in [3.63, 3.8) is 0 Å². The van der Waals surface area contributed by atoms with Crippen LogP contribution in [0.3, 0.4) is 0 Å². The Morgan fingerprint density at radius 2 is 2.23 bits per heavy atom. The molecule has 5 nitrogen and oxygen atoms in total. The number of nitrogens with zero attached hydrogens (tertiary/aromatic N) is 2. The minimum atomic E-state index is -4.50. The minimum absolute atomic E-state index is 0.110. The monoisotopic (exact) mass is 318 g/mol. The van der Waals surface area contributed by atoms with Gasteiger partial charge in [-0.25, -0.2) is 4.98 Å². The van der Waals surface area contributed by atoms with Crippen LogP contribution in [0.2, 0.25) is 0 Å². The Balaban J connectivity index is 2.04. The maximum atomic E-state index is 12.3. The summed E-state index contributed by atoms with van der Waals surface area (Å²) >= 11 is 0. The number of carbonyl (C=O) groups excluding carboxylic acids is 1. The van der Waals surface area contributed by atoms with Crippen LogP contribution in [0.15, 0.2) is 18.3 Å². The first-order valence-corrected chi connectivity index (χ1v) is 6.86. The van der Waals surface area contributed by atoms with Crippen molar-refractivity contribution in [2.75, 3.05) is 20.2 Å². The summed E-state index contributed by atoms with van der Waals surface area (Å²) in [6, 6.07) is 2.65. The van der Waals surface area contributed by atoms with Crippen LogP contribution >= 0.6 is 0 Å². The van der Waals surface area contributed by atoms with Crippen LogP contribution in [-0.4, -0.2) is 53.4 Å². The molecule has 1 heterocycles. The van der Waals surface area contributed by atoms with Crippen molar-refractivity contribution in [1.29, 1.82) is 0 Å². The van der Waals surface area contributed by atoms with E-state index in [0.29, 0.717) is 0 Å². The summed E-state index contributed by atoms with van der Waals surface area (Å²) in [5.41, 5.74) is -0.197. The lowest BCUT2D eigenvalue weighted by Gasteiger charge is -2.21. The van der Waals surface area contributed by atoms with Gasteiger partial charge in [-0.2, -0.15) is 13.2 Å². The molecule has 22 heavy (non-hydrogen) atoms. The quantitative estimate of drug-likeness (QED) is 0.870. The molecule has 1 atom stereocenters. The third-order valence-corrected chi connectivity index (χ3v) is 3.34. The van der Waals surface area contributed by atoms with E-state index < -0.39 is 24.8 Å². The van der Waals surface area contributed by atoms with Gasteiger partial charge in [0.2, 0.25) is 0 Å². The average Bonchev–Trinajstić information content (AvgIpc) is 3.28. The van der Waals surface area contributed by atoms with Gasteiger partial charge in [0.05, 0.1) is 6.10 Å². The second-order valence-electron chi connectivity index (χ2n) is 5.34. The third-order valence-electron chi connectivity index (χ3n) is 3.34. The van der Waals surface area contributed by atoms with Gasteiger partial charge in [-0.05, 0) is 30.9 Å². The van der Waals surface area contributed by atoms with E-state index in [-0.39, 0.29) is 23.9 Å². The van der Waals surface area contributed by atoms with Crippen molar-refractivity contribution in [3.8, 4) is 5.75 Å². The van der Waals surface area contributed by atoms with Gasteiger partial charge in [0.15, 0.2) is 18.1 Å². The van der Waals surface area contributed by atoms with E-state index in [2.05, 4.69) is 9.72 Å². The molecule has 1 aromatic heterocycles. The predicted octanol–water partition coefficient (Wildman–Crippen LogP) is 1.87. The fraction of sp³-hybridized carbons (Fsp3) is 0.571. The molecule has 1 amide bonds. The van der Waals surface area contributed by atoms with Gasteiger partial charge in [-0.3, -0.25) is 4.79 Å². The number of aliphatic hydroxyl groups excluding tert-OH is 1. The maximum Gasteiger partial charge on any atom is 0.422 e. The number of halogens is 3. The van der Waals surface area contributed by atoms with Gasteiger partial charge in [-0.15, -0.1) is 0 Å². The average molecular weight is 318 g/mol. The number of carbonyl (C=O) groups is 1. The zero-order chi connectivity index (χ0) is 16.3. The topological polar surface area (TPSA) is 62.7 Å². The summed E-state index contributed by atoms with van der Waals surface area (Å²) in [5.74, 6) is -0.616. The molecule has 2 rings (SSSR count). The zero-order valence-corrected chi connectivity index (χ0v) is 12.0. The van der Waals surface area contributed by atoms with E-state index >= 15 is 0 Å². The molecule has 122 valence electrons. The first-order chi connectivity index (χ1) is 10.3. The van der Waals surface area contributed by atoms with Crippen LogP contribution in [0.5, 0.6) is 5.75 Å². The second kappa shape index (κ2) is 6.51. The highest BCUT2D eigenvalue weighted by atomic mass is 19.4. The molecule has 0 radical (unpaired) electrons. The first kappa shape index (κ1) is 16.5. The molecule has 0 aromatic carbocycles. The fourth-order valence-corrected chi connectivity index (χ4v) is 2.00. The number of aliphatic hydroxyl groups is 1. The van der Waals surface area contributed by atoms with Crippen LogP contribution in [0.4, 0.5) is 13.2 Å². The number of hydrogen-bond donors (Lipinski definition) is 1. The second-order valence-corrected chi connectivity index (χ2v) is 5.34. The molecule has 0 spiro atoms. The molecule has 1 aliphatic carbocycles. The number of amides is 1. The normalized spacial score (nSPS) is 16.2. The van der Waals surface area contributed by atoms with E-state index in [0.717, 1.165) is 12.8 Å². The molecule has 0 bridgehead atoms. The molecule has 8 heteroatoms. The molecule has 0 aliphatic heterocycles. The molecule has 1 aromatic rings. The highest BCUT2D eigenvalue weighted by molar-refractivity contribution is 5.94. The molecule has 1 saturated carbocycles. The maximum absolute atomic E-state index is 12.3. The van der Waals surface area contributed by atoms with Crippen molar-refractivity contribution in [2.24, 2.45) is 5.92 Å². The Labute approximate surface area is 125 Å². The zero-order valence-electron chi connectivity index (χ0n) is 12.0. The Bertz CT molecular complexity index is 532. The molecular weight excluding hydrogens is 301 g/mol. The van der Waals surface area contributed by atoms with Gasteiger partial charge < -0.3 is 14.7 Å². The van der Waals surface area contributed by atoms with E-state index in [4.69, 9.17) is 0 Å². The Kier molecular flexibility index (Phi) is 4.90. The summed E-state index contributed by atoms with van der Waals surface area (Å²) < 4.78 is 41.3. The van der Waals surface area contributed by atoms with Crippen LogP contribution in [0.1, 0.15) is 23.3 Å². The van der Waals surface area contributed by atoms with Crippen LogP contribution < -0.4 is 4.74 Å². The van der Waals surface area contributed by atoms with Crippen LogP contribution in [0, 0.1) is 5.92 Å². The Morgan fingerprint density at radius 1 is 1.55 bits per heavy atom. The SMILES string of the molecule is CN(CC(O)C1CC1)C(=O)c1ncccc1OCC(F)(F)F. The number of aromatic nitrogens is 1. The van der Waals surface area contributed by atoms with E-state index in [1.165, 1.54) is 30.3 Å². The third kappa shape index (κ3) is 4.59. The number of rotatable bonds is 6. The summed E-state index contributed by atoms with van der Waals surface area (Å²) in [6.45, 7) is -1.38. The van der Waals surface area contributed by atoms with Gasteiger partial charge in [-0.1, -0.05) is 0 Å². The first-order valence-electron chi connectivity index (χ1n) is 6.86. The van der Waals surface area contributed by atoms with E-state index in [1.54, 1.807) is 0 Å². The number of pyridine rings is 1. The molecule has 1 fully saturated rings. The van der Waals surface area contributed by atoms with Gasteiger partial charge in [0, 0.05) is 19.8 Å². The summed E-state index contributed by atoms with van der Waals surface area (Å²) in [6.07, 6.45) is -1.97. The van der Waals surface area contributed by atoms with Crippen LogP contribution in [-0.2, 0) is 0 Å². The van der Waals surface area contributed by atoms with Gasteiger partial charge in [0.25, 0.3) is 5.91 Å². The molecule has 1 unspecified atom stereocenters. The summed E-state index contributed by atoms with van der Waals surface area (Å²) in [4.78, 5) is 17.3. The van der Waals surface area contributed by atoms with Crippen molar-refractivity contribution in [2.45, 2.75) is 25.1 Å². The van der Waals surface area contributed by atoms with E-state index in [1.807, 2.05) is 0 Å². The lowest BCUT2D eigenvalue weighted by Crippen LogP contribution is -2.36. The smallest absolute Gasteiger partial charge is 0.422 e.